The summed E-state index contributed by atoms with van der Waals surface area (Å²) in [5.74, 6) is -0.607. The first-order valence-electron chi connectivity index (χ1n) is 8.09. The van der Waals surface area contributed by atoms with Crippen LogP contribution in [0.3, 0.4) is 0 Å². The summed E-state index contributed by atoms with van der Waals surface area (Å²) in [6.45, 7) is -1.86. The second kappa shape index (κ2) is 4.07. The number of likely N-dealkylation sites (tertiary alicyclic amines) is 1. The molecule has 92 valence electrons. The third-order valence-electron chi connectivity index (χ3n) is 1.98. The van der Waals surface area contributed by atoms with Gasteiger partial charge in [-0.05, 0) is 26.2 Å². The Hall–Kier alpha value is -1.06. The molecule has 0 aliphatic carbocycles. The lowest BCUT2D eigenvalue weighted by atomic mass is 9.84. The highest BCUT2D eigenvalue weighted by atomic mass is 16.6. The highest BCUT2D eigenvalue weighted by Crippen LogP contribution is 2.27. The van der Waals surface area contributed by atoms with Crippen LogP contribution in [-0.2, 0) is 9.53 Å². The van der Waals surface area contributed by atoms with Crippen LogP contribution in [0.4, 0.5) is 4.79 Å². The van der Waals surface area contributed by atoms with Gasteiger partial charge in [0.25, 0.3) is 0 Å². The molecule has 1 amide bonds. The molecular weight excluding hydrogens is 206 g/mol. The van der Waals surface area contributed by atoms with Crippen molar-refractivity contribution in [1.29, 1.82) is 0 Å². The molecule has 0 radical (unpaired) electrons. The number of ketones is 1. The molecule has 16 heavy (non-hydrogen) atoms. The molecule has 0 bridgehead atoms. The van der Waals surface area contributed by atoms with E-state index < -0.39 is 49.6 Å². The number of hydrogen-bond acceptors (Lipinski definition) is 3. The Balaban J connectivity index is 3.18. The van der Waals surface area contributed by atoms with E-state index in [-0.39, 0.29) is 6.54 Å². The van der Waals surface area contributed by atoms with E-state index in [2.05, 4.69) is 0 Å². The van der Waals surface area contributed by atoms with E-state index >= 15 is 0 Å². The molecule has 4 nitrogen and oxygen atoms in total. The average molecular weight is 233 g/mol. The molecule has 0 aromatic carbocycles. The fourth-order valence-corrected chi connectivity index (χ4v) is 1.50. The fourth-order valence-electron chi connectivity index (χ4n) is 1.50. The number of Topliss-reactive ketones (excluding diaryl/α,β-unsaturated/α-hetero) is 1. The van der Waals surface area contributed by atoms with Crippen molar-refractivity contribution < 1.29 is 22.6 Å². The van der Waals surface area contributed by atoms with Crippen molar-refractivity contribution in [2.45, 2.75) is 46.5 Å². The molecule has 1 saturated heterocycles. The number of carbonyl (C=O) groups excluding carboxylic acids is 2. The van der Waals surface area contributed by atoms with Crippen LogP contribution in [0.15, 0.2) is 0 Å². The summed E-state index contributed by atoms with van der Waals surface area (Å²) < 4.78 is 50.6. The maximum absolute atomic E-state index is 12.1. The Morgan fingerprint density at radius 1 is 1.50 bits per heavy atom. The van der Waals surface area contributed by atoms with E-state index in [1.54, 1.807) is 20.8 Å². The molecule has 0 aromatic rings. The Kier molecular flexibility index (Phi) is 1.69. The molecule has 1 heterocycles. The van der Waals surface area contributed by atoms with E-state index in [4.69, 9.17) is 13.0 Å². The number of ether oxygens (including phenoxy) is 1. The number of hydrogen-bond donors (Lipinski definition) is 0. The van der Waals surface area contributed by atoms with Gasteiger partial charge in [-0.25, -0.2) is 4.79 Å². The highest BCUT2D eigenvalue weighted by molar-refractivity contribution is 5.85. The van der Waals surface area contributed by atoms with Gasteiger partial charge in [0, 0.05) is 21.2 Å². The molecular formula is C12H21NO3. The van der Waals surface area contributed by atoms with Gasteiger partial charge in [-0.15, -0.1) is 0 Å². The summed E-state index contributed by atoms with van der Waals surface area (Å²) in [6.07, 6.45) is -1.50. The molecule has 1 rings (SSSR count). The standard InChI is InChI=1S/C12H21NO3/c1-11(2,3)16-10(15)13-7-9(14)6-12(4,5)8-13/h6-8H2,1-5H3/i4D3,5D3. The molecule has 0 atom stereocenters. The molecule has 0 N–H and O–H groups in total. The normalized spacial score (nSPS) is 27.9. The summed E-state index contributed by atoms with van der Waals surface area (Å²) in [4.78, 5) is 24.9. The summed E-state index contributed by atoms with van der Waals surface area (Å²) in [5.41, 5.74) is -3.10. The van der Waals surface area contributed by atoms with Gasteiger partial charge in [0.1, 0.15) is 5.60 Å². The van der Waals surface area contributed by atoms with Crippen molar-refractivity contribution >= 4 is 11.9 Å². The minimum absolute atomic E-state index is 0.344. The molecule has 0 saturated carbocycles. The van der Waals surface area contributed by atoms with Gasteiger partial charge in [0.2, 0.25) is 0 Å². The van der Waals surface area contributed by atoms with E-state index in [1.165, 1.54) is 0 Å². The maximum Gasteiger partial charge on any atom is 0.410 e. The summed E-state index contributed by atoms with van der Waals surface area (Å²) in [6, 6.07) is 0. The monoisotopic (exact) mass is 233 g/mol. The minimum Gasteiger partial charge on any atom is -0.444 e. The van der Waals surface area contributed by atoms with Crippen molar-refractivity contribution in [3.8, 4) is 0 Å². The van der Waals surface area contributed by atoms with Crippen LogP contribution in [0, 0.1) is 5.41 Å². The maximum atomic E-state index is 12.1. The van der Waals surface area contributed by atoms with E-state index in [0.717, 1.165) is 4.90 Å². The number of rotatable bonds is 0. The first-order chi connectivity index (χ1) is 9.59. The third kappa shape index (κ3) is 3.83. The van der Waals surface area contributed by atoms with Gasteiger partial charge in [0.15, 0.2) is 5.78 Å². The smallest absolute Gasteiger partial charge is 0.410 e. The topological polar surface area (TPSA) is 46.6 Å². The van der Waals surface area contributed by atoms with Crippen LogP contribution in [0.25, 0.3) is 0 Å². The Labute approximate surface area is 105 Å². The van der Waals surface area contributed by atoms with Gasteiger partial charge in [-0.1, -0.05) is 13.7 Å². The second-order valence-electron chi connectivity index (χ2n) is 5.13. The Morgan fingerprint density at radius 2 is 2.12 bits per heavy atom. The van der Waals surface area contributed by atoms with Crippen LogP contribution in [0.5, 0.6) is 0 Å². The van der Waals surface area contributed by atoms with Crippen molar-refractivity contribution in [2.75, 3.05) is 13.1 Å². The first kappa shape index (κ1) is 6.62. The number of amides is 1. The van der Waals surface area contributed by atoms with Crippen molar-refractivity contribution in [3.05, 3.63) is 0 Å². The van der Waals surface area contributed by atoms with Gasteiger partial charge in [0.05, 0.1) is 6.54 Å². The van der Waals surface area contributed by atoms with Gasteiger partial charge < -0.3 is 9.64 Å². The lowest BCUT2D eigenvalue weighted by molar-refractivity contribution is -0.125. The van der Waals surface area contributed by atoms with E-state index in [9.17, 15) is 9.59 Å². The molecule has 0 unspecified atom stereocenters. The van der Waals surface area contributed by atoms with Crippen LogP contribution in [0.1, 0.15) is 49.1 Å². The van der Waals surface area contributed by atoms with E-state index in [0.29, 0.717) is 0 Å². The fraction of sp³-hybridized carbons (Fsp3) is 0.833. The zero-order valence-corrected chi connectivity index (χ0v) is 9.79. The molecule has 1 aliphatic heterocycles. The van der Waals surface area contributed by atoms with E-state index in [1.807, 2.05) is 0 Å². The summed E-state index contributed by atoms with van der Waals surface area (Å²) in [5, 5.41) is 0. The van der Waals surface area contributed by atoms with Crippen molar-refractivity contribution in [3.63, 3.8) is 0 Å². The second-order valence-corrected chi connectivity index (χ2v) is 5.13. The highest BCUT2D eigenvalue weighted by Gasteiger charge is 2.35. The first-order valence-corrected chi connectivity index (χ1v) is 5.09. The third-order valence-corrected chi connectivity index (χ3v) is 1.98. The molecule has 0 aromatic heterocycles. The van der Waals surface area contributed by atoms with Gasteiger partial charge in [-0.2, -0.15) is 0 Å². The van der Waals surface area contributed by atoms with Gasteiger partial charge in [-0.3, -0.25) is 4.79 Å². The summed E-state index contributed by atoms with van der Waals surface area (Å²) >= 11 is 0. The Bertz CT molecular complexity index is 449. The number of piperidine rings is 1. The number of nitrogens with zero attached hydrogens (tertiary/aromatic N) is 1. The Morgan fingerprint density at radius 3 is 2.62 bits per heavy atom. The quantitative estimate of drug-likeness (QED) is 0.644. The number of carbonyl (C=O) groups is 2. The predicted octanol–water partition coefficient (Wildman–Crippen LogP) is 2.22. The molecule has 1 aliphatic rings. The SMILES string of the molecule is [2H]C([2H])([2H])C1(C([2H])([2H])[2H])CC(=O)CN(C(=O)OC(C)(C)C)C1. The minimum atomic E-state index is -2.91. The molecule has 1 fully saturated rings. The van der Waals surface area contributed by atoms with Crippen LogP contribution in [-0.4, -0.2) is 35.5 Å². The lowest BCUT2D eigenvalue weighted by Crippen LogP contribution is -2.49. The van der Waals surface area contributed by atoms with Crippen molar-refractivity contribution in [1.82, 2.24) is 4.90 Å². The molecule has 4 heteroatoms. The van der Waals surface area contributed by atoms with Gasteiger partial charge >= 0.3 is 6.09 Å². The zero-order chi connectivity index (χ0) is 17.6. The van der Waals surface area contributed by atoms with Crippen LogP contribution < -0.4 is 0 Å². The zero-order valence-electron chi connectivity index (χ0n) is 15.8. The average Bonchev–Trinajstić information content (AvgIpc) is 2.22. The largest absolute Gasteiger partial charge is 0.444 e. The van der Waals surface area contributed by atoms with Crippen molar-refractivity contribution in [2.24, 2.45) is 5.41 Å². The summed E-state index contributed by atoms with van der Waals surface area (Å²) in [7, 11) is 0. The lowest BCUT2D eigenvalue weighted by Gasteiger charge is -2.37. The van der Waals surface area contributed by atoms with Crippen LogP contribution >= 0.6 is 0 Å². The molecule has 0 spiro atoms. The van der Waals surface area contributed by atoms with Crippen LogP contribution in [0.2, 0.25) is 0 Å². The predicted molar refractivity (Wildman–Crippen MR) is 61.2 cm³/mol.